The van der Waals surface area contributed by atoms with E-state index >= 15 is 0 Å². The van der Waals surface area contributed by atoms with Crippen molar-refractivity contribution in [2.45, 2.75) is 19.4 Å². The van der Waals surface area contributed by atoms with Crippen molar-refractivity contribution >= 4 is 31.7 Å². The summed E-state index contributed by atoms with van der Waals surface area (Å²) in [6.45, 7) is 2.39. The van der Waals surface area contributed by atoms with Gasteiger partial charge in [-0.25, -0.2) is 8.42 Å². The van der Waals surface area contributed by atoms with Gasteiger partial charge >= 0.3 is 0 Å². The number of aryl methyl sites for hydroxylation is 1. The molecule has 1 saturated heterocycles. The molecule has 2 rings (SSSR count). The normalized spacial score (nSPS) is 21.5. The molecule has 0 bridgehead atoms. The van der Waals surface area contributed by atoms with E-state index in [1.807, 2.05) is 13.1 Å². The van der Waals surface area contributed by atoms with E-state index in [0.29, 0.717) is 18.7 Å². The van der Waals surface area contributed by atoms with Crippen LogP contribution in [0, 0.1) is 0 Å². The molecule has 1 aliphatic rings. The second-order valence-electron chi connectivity index (χ2n) is 4.80. The molecule has 0 saturated carbocycles. The van der Waals surface area contributed by atoms with E-state index in [4.69, 9.17) is 0 Å². The number of amides is 1. The lowest BCUT2D eigenvalue weighted by molar-refractivity contribution is 0.0698. The van der Waals surface area contributed by atoms with Crippen LogP contribution in [0.15, 0.2) is 16.7 Å². The summed E-state index contributed by atoms with van der Waals surface area (Å²) in [7, 11) is -1.18. The van der Waals surface area contributed by atoms with Crippen molar-refractivity contribution in [3.05, 3.63) is 22.4 Å². The third kappa shape index (κ3) is 3.02. The largest absolute Gasteiger partial charge is 0.345 e. The Morgan fingerprint density at radius 3 is 2.68 bits per heavy atom. The van der Waals surface area contributed by atoms with Crippen molar-refractivity contribution in [1.82, 2.24) is 9.47 Å². The average Bonchev–Trinajstić information content (AvgIpc) is 2.82. The highest BCUT2D eigenvalue weighted by atomic mass is 79.9. The van der Waals surface area contributed by atoms with Gasteiger partial charge in [0.2, 0.25) is 0 Å². The zero-order valence-electron chi connectivity index (χ0n) is 11.0. The maximum Gasteiger partial charge on any atom is 0.270 e. The van der Waals surface area contributed by atoms with Gasteiger partial charge in [-0.15, -0.1) is 0 Å². The lowest BCUT2D eigenvalue weighted by atomic mass is 10.2. The van der Waals surface area contributed by atoms with Crippen LogP contribution in [0.4, 0.5) is 0 Å². The van der Waals surface area contributed by atoms with Crippen molar-refractivity contribution in [3.63, 3.8) is 0 Å². The molecule has 1 unspecified atom stereocenters. The number of carbonyl (C=O) groups is 1. The monoisotopic (exact) mass is 348 g/mol. The van der Waals surface area contributed by atoms with E-state index in [1.165, 1.54) is 0 Å². The second-order valence-corrected chi connectivity index (χ2v) is 7.95. The smallest absolute Gasteiger partial charge is 0.270 e. The molecule has 1 aliphatic heterocycles. The van der Waals surface area contributed by atoms with Gasteiger partial charge in [0, 0.05) is 30.3 Å². The predicted octanol–water partition coefficient (Wildman–Crippen LogP) is 1.44. The van der Waals surface area contributed by atoms with Crippen LogP contribution >= 0.6 is 15.9 Å². The van der Waals surface area contributed by atoms with Gasteiger partial charge < -0.3 is 9.47 Å². The van der Waals surface area contributed by atoms with Crippen molar-refractivity contribution in [2.75, 3.05) is 18.1 Å². The van der Waals surface area contributed by atoms with Crippen molar-refractivity contribution in [3.8, 4) is 0 Å². The minimum absolute atomic E-state index is 0.0815. The highest BCUT2D eigenvalue weighted by Crippen LogP contribution is 2.21. The minimum atomic E-state index is -2.98. The Labute approximate surface area is 121 Å². The number of nitrogens with zero attached hydrogens (tertiary/aromatic N) is 2. The van der Waals surface area contributed by atoms with Gasteiger partial charge in [0.25, 0.3) is 5.91 Å². The third-order valence-corrected chi connectivity index (χ3v) is 5.63. The molecule has 0 aromatic carbocycles. The number of rotatable bonds is 3. The molecule has 1 amide bonds. The number of aromatic nitrogens is 1. The quantitative estimate of drug-likeness (QED) is 0.830. The first-order valence-electron chi connectivity index (χ1n) is 6.17. The van der Waals surface area contributed by atoms with Crippen LogP contribution in [0.25, 0.3) is 0 Å². The maximum atomic E-state index is 12.5. The Morgan fingerprint density at radius 1 is 1.58 bits per heavy atom. The first kappa shape index (κ1) is 14.6. The van der Waals surface area contributed by atoms with Crippen LogP contribution in [0.5, 0.6) is 0 Å². The zero-order chi connectivity index (χ0) is 14.2. The van der Waals surface area contributed by atoms with Gasteiger partial charge in [-0.3, -0.25) is 4.79 Å². The fourth-order valence-electron chi connectivity index (χ4n) is 2.47. The fraction of sp³-hybridized carbons (Fsp3) is 0.583. The highest BCUT2D eigenvalue weighted by Gasteiger charge is 2.34. The molecule has 19 heavy (non-hydrogen) atoms. The van der Waals surface area contributed by atoms with Crippen LogP contribution in [-0.4, -0.2) is 47.9 Å². The molecule has 0 N–H and O–H groups in total. The maximum absolute atomic E-state index is 12.5. The summed E-state index contributed by atoms with van der Waals surface area (Å²) in [5.41, 5.74) is 0.568. The number of halogens is 1. The molecule has 0 spiro atoms. The van der Waals surface area contributed by atoms with Gasteiger partial charge in [-0.2, -0.15) is 0 Å². The van der Waals surface area contributed by atoms with Crippen molar-refractivity contribution in [1.29, 1.82) is 0 Å². The molecule has 7 heteroatoms. The van der Waals surface area contributed by atoms with Gasteiger partial charge in [-0.1, -0.05) is 0 Å². The summed E-state index contributed by atoms with van der Waals surface area (Å²) in [6.07, 6.45) is 2.35. The summed E-state index contributed by atoms with van der Waals surface area (Å²) < 4.78 is 25.7. The predicted molar refractivity (Wildman–Crippen MR) is 76.9 cm³/mol. The number of sulfone groups is 1. The molecule has 2 heterocycles. The van der Waals surface area contributed by atoms with Crippen molar-refractivity contribution < 1.29 is 13.2 Å². The van der Waals surface area contributed by atoms with Crippen LogP contribution in [0.1, 0.15) is 23.8 Å². The first-order chi connectivity index (χ1) is 8.84. The van der Waals surface area contributed by atoms with Crippen LogP contribution in [0.3, 0.4) is 0 Å². The summed E-state index contributed by atoms with van der Waals surface area (Å²) >= 11 is 3.34. The lowest BCUT2D eigenvalue weighted by Gasteiger charge is -2.26. The SMILES string of the molecule is CCN(C(=O)c1cc(Br)cn1C)C1CCS(=O)(=O)C1. The molecule has 1 aromatic rings. The standard InChI is InChI=1S/C12H17BrN2O3S/c1-3-15(10-4-5-19(17,18)8-10)12(16)11-6-9(13)7-14(11)2/h6-7,10H,3-5,8H2,1-2H3. The van der Waals surface area contributed by atoms with Crippen LogP contribution in [-0.2, 0) is 16.9 Å². The third-order valence-electron chi connectivity index (χ3n) is 3.44. The van der Waals surface area contributed by atoms with E-state index in [1.54, 1.807) is 22.6 Å². The molecule has 1 atom stereocenters. The number of carbonyl (C=O) groups excluding carboxylic acids is 1. The summed E-state index contributed by atoms with van der Waals surface area (Å²) in [6, 6.07) is 1.56. The lowest BCUT2D eigenvalue weighted by Crippen LogP contribution is -2.41. The van der Waals surface area contributed by atoms with E-state index in [-0.39, 0.29) is 23.5 Å². The summed E-state index contributed by atoms with van der Waals surface area (Å²) in [5, 5.41) is 0. The second kappa shape index (κ2) is 5.28. The Kier molecular flexibility index (Phi) is 4.06. The fourth-order valence-corrected chi connectivity index (χ4v) is 4.73. The van der Waals surface area contributed by atoms with E-state index in [0.717, 1.165) is 4.47 Å². The highest BCUT2D eigenvalue weighted by molar-refractivity contribution is 9.10. The molecule has 0 radical (unpaired) electrons. The van der Waals surface area contributed by atoms with E-state index in [9.17, 15) is 13.2 Å². The van der Waals surface area contributed by atoms with E-state index < -0.39 is 9.84 Å². The van der Waals surface area contributed by atoms with Crippen LogP contribution < -0.4 is 0 Å². The average molecular weight is 349 g/mol. The molecule has 5 nitrogen and oxygen atoms in total. The van der Waals surface area contributed by atoms with Gasteiger partial charge in [0.05, 0.1) is 11.5 Å². The molecule has 1 fully saturated rings. The summed E-state index contributed by atoms with van der Waals surface area (Å²) in [5.74, 6) is 0.147. The topological polar surface area (TPSA) is 59.4 Å². The Bertz CT molecular complexity index is 594. The Balaban J connectivity index is 2.23. The van der Waals surface area contributed by atoms with Crippen LogP contribution in [0.2, 0.25) is 0 Å². The molecule has 0 aliphatic carbocycles. The number of hydrogen-bond acceptors (Lipinski definition) is 3. The first-order valence-corrected chi connectivity index (χ1v) is 8.78. The van der Waals surface area contributed by atoms with Gasteiger partial charge in [0.1, 0.15) is 5.69 Å². The Morgan fingerprint density at radius 2 is 2.26 bits per heavy atom. The molecular weight excluding hydrogens is 332 g/mol. The number of hydrogen-bond donors (Lipinski definition) is 0. The van der Waals surface area contributed by atoms with Gasteiger partial charge in [-0.05, 0) is 35.3 Å². The Hall–Kier alpha value is -0.820. The van der Waals surface area contributed by atoms with Gasteiger partial charge in [0.15, 0.2) is 9.84 Å². The summed E-state index contributed by atoms with van der Waals surface area (Å²) in [4.78, 5) is 14.2. The van der Waals surface area contributed by atoms with Crippen molar-refractivity contribution in [2.24, 2.45) is 7.05 Å². The molecule has 106 valence electrons. The zero-order valence-corrected chi connectivity index (χ0v) is 13.4. The molecular formula is C12H17BrN2O3S. The minimum Gasteiger partial charge on any atom is -0.345 e. The van der Waals surface area contributed by atoms with E-state index in [2.05, 4.69) is 15.9 Å². The molecule has 1 aromatic heterocycles.